The molecule has 0 saturated carbocycles. The minimum atomic E-state index is -0.547. The van der Waals surface area contributed by atoms with Gasteiger partial charge in [0, 0.05) is 32.5 Å². The molecule has 2 saturated heterocycles. The van der Waals surface area contributed by atoms with Crippen LogP contribution in [0.15, 0.2) is 12.1 Å². The summed E-state index contributed by atoms with van der Waals surface area (Å²) < 4.78 is 27.8. The Labute approximate surface area is 153 Å². The predicted octanol–water partition coefficient (Wildman–Crippen LogP) is 0.907. The second-order valence-electron chi connectivity index (χ2n) is 6.47. The second-order valence-corrected chi connectivity index (χ2v) is 6.47. The number of benzene rings is 1. The number of primary amides is 1. The van der Waals surface area contributed by atoms with Crippen LogP contribution in [-0.4, -0.2) is 63.7 Å². The van der Waals surface area contributed by atoms with E-state index >= 15 is 0 Å². The molecule has 0 atom stereocenters. The molecule has 0 radical (unpaired) electrons. The van der Waals surface area contributed by atoms with Crippen LogP contribution in [0.2, 0.25) is 0 Å². The molecule has 0 aliphatic carbocycles. The Morgan fingerprint density at radius 2 is 1.81 bits per heavy atom. The van der Waals surface area contributed by atoms with E-state index in [9.17, 15) is 4.79 Å². The van der Waals surface area contributed by atoms with Crippen molar-refractivity contribution in [2.75, 3.05) is 47.1 Å². The van der Waals surface area contributed by atoms with Crippen LogP contribution in [0.1, 0.15) is 18.4 Å². The molecule has 0 unspecified atom stereocenters. The zero-order valence-electron chi connectivity index (χ0n) is 15.3. The Morgan fingerprint density at radius 1 is 1.15 bits per heavy atom. The SMILES string of the molecule is COc1cc(CN2CCC3(CC2)OCCO3)cc(OCC(N)=O)c1OC. The van der Waals surface area contributed by atoms with E-state index in [1.54, 1.807) is 7.11 Å². The van der Waals surface area contributed by atoms with Crippen molar-refractivity contribution in [3.05, 3.63) is 17.7 Å². The van der Waals surface area contributed by atoms with Gasteiger partial charge in [0.25, 0.3) is 5.91 Å². The minimum absolute atomic E-state index is 0.218. The van der Waals surface area contributed by atoms with E-state index < -0.39 is 5.91 Å². The van der Waals surface area contributed by atoms with Crippen molar-refractivity contribution in [1.82, 2.24) is 4.90 Å². The summed E-state index contributed by atoms with van der Waals surface area (Å²) in [6.07, 6.45) is 1.71. The van der Waals surface area contributed by atoms with Gasteiger partial charge in [-0.05, 0) is 17.7 Å². The summed E-state index contributed by atoms with van der Waals surface area (Å²) in [6, 6.07) is 3.78. The molecule has 1 amide bonds. The van der Waals surface area contributed by atoms with Crippen molar-refractivity contribution >= 4 is 5.91 Å². The van der Waals surface area contributed by atoms with Crippen LogP contribution in [0, 0.1) is 0 Å². The Morgan fingerprint density at radius 3 is 2.38 bits per heavy atom. The number of likely N-dealkylation sites (tertiary alicyclic amines) is 1. The fraction of sp³-hybridized carbons (Fsp3) is 0.611. The highest BCUT2D eigenvalue weighted by Crippen LogP contribution is 2.39. The molecular formula is C18H26N2O6. The molecule has 2 N–H and O–H groups in total. The predicted molar refractivity (Wildman–Crippen MR) is 93.4 cm³/mol. The number of nitrogens with two attached hydrogens (primary N) is 1. The maximum absolute atomic E-state index is 11.0. The number of piperidine rings is 1. The molecule has 2 fully saturated rings. The fourth-order valence-electron chi connectivity index (χ4n) is 3.43. The van der Waals surface area contributed by atoms with E-state index in [-0.39, 0.29) is 12.4 Å². The van der Waals surface area contributed by atoms with E-state index in [1.807, 2.05) is 12.1 Å². The lowest BCUT2D eigenvalue weighted by Crippen LogP contribution is -2.44. The average molecular weight is 366 g/mol. The highest BCUT2D eigenvalue weighted by molar-refractivity contribution is 5.75. The number of nitrogens with zero attached hydrogens (tertiary/aromatic N) is 1. The topological polar surface area (TPSA) is 92.5 Å². The van der Waals surface area contributed by atoms with Gasteiger partial charge in [0.2, 0.25) is 5.75 Å². The summed E-state index contributed by atoms with van der Waals surface area (Å²) in [4.78, 5) is 13.4. The van der Waals surface area contributed by atoms with Crippen LogP contribution in [-0.2, 0) is 20.8 Å². The van der Waals surface area contributed by atoms with Gasteiger partial charge >= 0.3 is 0 Å². The molecule has 1 spiro atoms. The molecule has 26 heavy (non-hydrogen) atoms. The Kier molecular flexibility index (Phi) is 5.85. The van der Waals surface area contributed by atoms with Crippen LogP contribution < -0.4 is 19.9 Å². The van der Waals surface area contributed by atoms with Crippen molar-refractivity contribution in [2.45, 2.75) is 25.2 Å². The number of amides is 1. The minimum Gasteiger partial charge on any atom is -0.493 e. The Balaban J connectivity index is 1.70. The number of hydrogen-bond donors (Lipinski definition) is 1. The van der Waals surface area contributed by atoms with Gasteiger partial charge in [-0.2, -0.15) is 0 Å². The van der Waals surface area contributed by atoms with E-state index in [1.165, 1.54) is 7.11 Å². The number of hydrogen-bond acceptors (Lipinski definition) is 7. The van der Waals surface area contributed by atoms with Crippen molar-refractivity contribution in [3.63, 3.8) is 0 Å². The largest absolute Gasteiger partial charge is 0.493 e. The highest BCUT2D eigenvalue weighted by Gasteiger charge is 2.39. The van der Waals surface area contributed by atoms with Gasteiger partial charge in [0.1, 0.15) is 0 Å². The van der Waals surface area contributed by atoms with Crippen molar-refractivity contribution in [2.24, 2.45) is 5.73 Å². The van der Waals surface area contributed by atoms with Crippen LogP contribution in [0.4, 0.5) is 0 Å². The van der Waals surface area contributed by atoms with E-state index in [4.69, 9.17) is 29.4 Å². The molecule has 8 nitrogen and oxygen atoms in total. The van der Waals surface area contributed by atoms with Crippen molar-refractivity contribution in [1.29, 1.82) is 0 Å². The monoisotopic (exact) mass is 366 g/mol. The number of rotatable bonds is 7. The van der Waals surface area contributed by atoms with Crippen molar-refractivity contribution < 1.29 is 28.5 Å². The van der Waals surface area contributed by atoms with Gasteiger partial charge in [0.05, 0.1) is 27.4 Å². The molecule has 2 heterocycles. The van der Waals surface area contributed by atoms with Gasteiger partial charge in [0.15, 0.2) is 23.9 Å². The summed E-state index contributed by atoms with van der Waals surface area (Å²) in [5.41, 5.74) is 6.18. The molecule has 8 heteroatoms. The molecule has 144 valence electrons. The maximum Gasteiger partial charge on any atom is 0.255 e. The molecule has 1 aromatic rings. The van der Waals surface area contributed by atoms with Gasteiger partial charge in [-0.1, -0.05) is 0 Å². The lowest BCUT2D eigenvalue weighted by Gasteiger charge is -2.37. The number of ether oxygens (including phenoxy) is 5. The first kappa shape index (κ1) is 18.8. The van der Waals surface area contributed by atoms with Crippen LogP contribution >= 0.6 is 0 Å². The lowest BCUT2D eigenvalue weighted by atomic mass is 10.0. The third-order valence-corrected chi connectivity index (χ3v) is 4.71. The van der Waals surface area contributed by atoms with Crippen LogP contribution in [0.25, 0.3) is 0 Å². The third-order valence-electron chi connectivity index (χ3n) is 4.71. The van der Waals surface area contributed by atoms with Gasteiger partial charge in [-0.3, -0.25) is 9.69 Å². The quantitative estimate of drug-likeness (QED) is 0.767. The zero-order chi connectivity index (χ0) is 18.6. The molecular weight excluding hydrogens is 340 g/mol. The summed E-state index contributed by atoms with van der Waals surface area (Å²) in [6.45, 7) is 3.62. The Bertz CT molecular complexity index is 635. The number of methoxy groups -OCH3 is 2. The van der Waals surface area contributed by atoms with Crippen LogP contribution in [0.3, 0.4) is 0 Å². The van der Waals surface area contributed by atoms with E-state index in [2.05, 4.69) is 4.90 Å². The standard InChI is InChI=1S/C18H26N2O6/c1-22-14-9-13(10-15(17(14)23-2)24-12-16(19)21)11-20-5-3-18(4-6-20)25-7-8-26-18/h9-10H,3-8,11-12H2,1-2H3,(H2,19,21). The number of carbonyl (C=O) groups is 1. The Hall–Kier alpha value is -2.03. The van der Waals surface area contributed by atoms with Gasteiger partial charge < -0.3 is 29.4 Å². The summed E-state index contributed by atoms with van der Waals surface area (Å²) in [5, 5.41) is 0. The highest BCUT2D eigenvalue weighted by atomic mass is 16.7. The van der Waals surface area contributed by atoms with Gasteiger partial charge in [-0.15, -0.1) is 0 Å². The molecule has 0 aromatic heterocycles. The summed E-state index contributed by atoms with van der Waals surface area (Å²) in [5.74, 6) is 0.512. The lowest BCUT2D eigenvalue weighted by molar-refractivity contribution is -0.185. The molecule has 1 aromatic carbocycles. The van der Waals surface area contributed by atoms with E-state index in [0.29, 0.717) is 30.5 Å². The molecule has 0 bridgehead atoms. The third kappa shape index (κ3) is 4.20. The smallest absolute Gasteiger partial charge is 0.255 e. The molecule has 2 aliphatic heterocycles. The first-order valence-electron chi connectivity index (χ1n) is 8.71. The first-order chi connectivity index (χ1) is 12.5. The second kappa shape index (κ2) is 8.11. The van der Waals surface area contributed by atoms with Gasteiger partial charge in [-0.25, -0.2) is 0 Å². The maximum atomic E-state index is 11.0. The summed E-state index contributed by atoms with van der Waals surface area (Å²) >= 11 is 0. The van der Waals surface area contributed by atoms with Crippen molar-refractivity contribution in [3.8, 4) is 17.2 Å². The van der Waals surface area contributed by atoms with Crippen LogP contribution in [0.5, 0.6) is 17.2 Å². The van der Waals surface area contributed by atoms with E-state index in [0.717, 1.165) is 38.0 Å². The number of carbonyl (C=O) groups excluding carboxylic acids is 1. The average Bonchev–Trinajstić information content (AvgIpc) is 3.09. The fourth-order valence-corrected chi connectivity index (χ4v) is 3.43. The normalized spacial score (nSPS) is 19.5. The molecule has 3 rings (SSSR count). The first-order valence-corrected chi connectivity index (χ1v) is 8.71. The zero-order valence-corrected chi connectivity index (χ0v) is 15.3. The summed E-state index contributed by atoms with van der Waals surface area (Å²) in [7, 11) is 3.10. The molecule has 2 aliphatic rings.